The van der Waals surface area contributed by atoms with Crippen molar-refractivity contribution in [2.24, 2.45) is 11.5 Å². The van der Waals surface area contributed by atoms with Crippen LogP contribution in [0.5, 0.6) is 0 Å². The second kappa shape index (κ2) is 4.06. The van der Waals surface area contributed by atoms with Crippen molar-refractivity contribution in [3.8, 4) is 0 Å². The number of carbonyl (C=O) groups is 1. The topological polar surface area (TPSA) is 105 Å². The Bertz CT molecular complexity index is 271. The lowest BCUT2D eigenvalue weighted by Gasteiger charge is -2.16. The van der Waals surface area contributed by atoms with Gasteiger partial charge in [-0.15, -0.1) is 0 Å². The lowest BCUT2D eigenvalue weighted by Crippen LogP contribution is -2.36. The van der Waals surface area contributed by atoms with Crippen LogP contribution in [-0.2, 0) is 4.79 Å². The highest BCUT2D eigenvalue weighted by molar-refractivity contribution is 5.67. The number of hydrogen-bond acceptors (Lipinski definition) is 3. The van der Waals surface area contributed by atoms with Crippen LogP contribution in [0, 0.1) is 0 Å². The largest absolute Gasteiger partial charge is 0.481 e. The summed E-state index contributed by atoms with van der Waals surface area (Å²) in [4.78, 5) is 13.2. The Morgan fingerprint density at radius 2 is 2.31 bits per heavy atom. The van der Waals surface area contributed by atoms with Gasteiger partial charge in [-0.05, 0) is 12.1 Å². The van der Waals surface area contributed by atoms with E-state index < -0.39 is 18.1 Å². The molecule has 0 aliphatic heterocycles. The van der Waals surface area contributed by atoms with Gasteiger partial charge >= 0.3 is 5.97 Å². The minimum atomic E-state index is -0.936. The molecule has 0 amide bonds. The summed E-state index contributed by atoms with van der Waals surface area (Å²) < 4.78 is 0. The minimum Gasteiger partial charge on any atom is -0.481 e. The average Bonchev–Trinajstić information content (AvgIpc) is 2.53. The Labute approximate surface area is 75.7 Å². The maximum absolute atomic E-state index is 10.3. The molecular formula is C8H13N3O2. The molecule has 72 valence electrons. The molecule has 13 heavy (non-hydrogen) atoms. The molecule has 2 unspecified atom stereocenters. The number of rotatable bonds is 4. The van der Waals surface area contributed by atoms with Gasteiger partial charge in [-0.3, -0.25) is 4.79 Å². The van der Waals surface area contributed by atoms with Crippen molar-refractivity contribution in [2.75, 3.05) is 0 Å². The third kappa shape index (κ3) is 2.57. The van der Waals surface area contributed by atoms with E-state index in [1.807, 2.05) is 0 Å². The molecule has 0 spiro atoms. The van der Waals surface area contributed by atoms with Gasteiger partial charge in [0.2, 0.25) is 0 Å². The van der Waals surface area contributed by atoms with E-state index >= 15 is 0 Å². The first-order valence-corrected chi connectivity index (χ1v) is 3.97. The highest BCUT2D eigenvalue weighted by Gasteiger charge is 2.18. The molecule has 0 fully saturated rings. The third-order valence-electron chi connectivity index (χ3n) is 1.85. The number of nitrogens with two attached hydrogens (primary N) is 2. The van der Waals surface area contributed by atoms with E-state index in [0.717, 1.165) is 5.69 Å². The van der Waals surface area contributed by atoms with Crippen LogP contribution < -0.4 is 11.5 Å². The smallest absolute Gasteiger partial charge is 0.304 e. The van der Waals surface area contributed by atoms with Crippen LogP contribution in [0.4, 0.5) is 0 Å². The second-order valence-electron chi connectivity index (χ2n) is 2.91. The molecule has 6 N–H and O–H groups in total. The van der Waals surface area contributed by atoms with Crippen LogP contribution >= 0.6 is 0 Å². The summed E-state index contributed by atoms with van der Waals surface area (Å²) in [6.07, 6.45) is 1.60. The van der Waals surface area contributed by atoms with Crippen LogP contribution in [0.15, 0.2) is 18.3 Å². The molecule has 0 radical (unpaired) electrons. The SMILES string of the molecule is NC(CC(=O)O)C(N)c1ccc[nH]1. The van der Waals surface area contributed by atoms with Crippen molar-refractivity contribution in [3.63, 3.8) is 0 Å². The predicted octanol–water partition coefficient (Wildman–Crippen LogP) is -0.184. The maximum Gasteiger partial charge on any atom is 0.304 e. The summed E-state index contributed by atoms with van der Waals surface area (Å²) in [6, 6.07) is 2.57. The van der Waals surface area contributed by atoms with Crippen LogP contribution in [0.25, 0.3) is 0 Å². The number of carboxylic acid groups (broad SMARTS) is 1. The number of carboxylic acids is 1. The summed E-state index contributed by atoms with van der Waals surface area (Å²) in [7, 11) is 0. The molecule has 0 saturated carbocycles. The van der Waals surface area contributed by atoms with Gasteiger partial charge in [-0.2, -0.15) is 0 Å². The van der Waals surface area contributed by atoms with Crippen LogP contribution in [-0.4, -0.2) is 22.1 Å². The Hall–Kier alpha value is -1.33. The van der Waals surface area contributed by atoms with Gasteiger partial charge in [0.25, 0.3) is 0 Å². The van der Waals surface area contributed by atoms with Gasteiger partial charge < -0.3 is 21.6 Å². The number of H-pyrrole nitrogens is 1. The highest BCUT2D eigenvalue weighted by Crippen LogP contribution is 2.12. The molecule has 0 aliphatic rings. The molecule has 5 nitrogen and oxygen atoms in total. The fraction of sp³-hybridized carbons (Fsp3) is 0.375. The summed E-state index contributed by atoms with van der Waals surface area (Å²) in [5, 5.41) is 8.48. The van der Waals surface area contributed by atoms with E-state index in [-0.39, 0.29) is 6.42 Å². The lowest BCUT2D eigenvalue weighted by atomic mass is 10.0. The van der Waals surface area contributed by atoms with Crippen LogP contribution in [0.3, 0.4) is 0 Å². The monoisotopic (exact) mass is 183 g/mol. The molecule has 2 atom stereocenters. The normalized spacial score (nSPS) is 15.2. The van der Waals surface area contributed by atoms with Gasteiger partial charge in [0.05, 0.1) is 12.5 Å². The zero-order valence-electron chi connectivity index (χ0n) is 7.10. The summed E-state index contributed by atoms with van der Waals surface area (Å²) in [5.41, 5.74) is 12.1. The molecule has 5 heteroatoms. The molecule has 0 saturated heterocycles. The Kier molecular flexibility index (Phi) is 3.05. The quantitative estimate of drug-likeness (QED) is 0.519. The lowest BCUT2D eigenvalue weighted by molar-refractivity contribution is -0.137. The van der Waals surface area contributed by atoms with E-state index in [0.29, 0.717) is 0 Å². The number of aromatic amines is 1. The van der Waals surface area contributed by atoms with Gasteiger partial charge in [0.1, 0.15) is 0 Å². The zero-order chi connectivity index (χ0) is 9.84. The van der Waals surface area contributed by atoms with Crippen molar-refractivity contribution in [1.29, 1.82) is 0 Å². The fourth-order valence-corrected chi connectivity index (χ4v) is 1.11. The van der Waals surface area contributed by atoms with Crippen molar-refractivity contribution in [1.82, 2.24) is 4.98 Å². The average molecular weight is 183 g/mol. The summed E-state index contributed by atoms with van der Waals surface area (Å²) >= 11 is 0. The number of hydrogen-bond donors (Lipinski definition) is 4. The number of aromatic nitrogens is 1. The maximum atomic E-state index is 10.3. The van der Waals surface area contributed by atoms with E-state index in [9.17, 15) is 4.79 Å². The third-order valence-corrected chi connectivity index (χ3v) is 1.85. The minimum absolute atomic E-state index is 0.125. The molecule has 0 bridgehead atoms. The zero-order valence-corrected chi connectivity index (χ0v) is 7.10. The molecule has 1 rings (SSSR count). The molecule has 0 aromatic carbocycles. The molecule has 1 aromatic heterocycles. The van der Waals surface area contributed by atoms with E-state index in [1.165, 1.54) is 0 Å². The Morgan fingerprint density at radius 3 is 2.77 bits per heavy atom. The van der Waals surface area contributed by atoms with Crippen LogP contribution in [0.1, 0.15) is 18.2 Å². The van der Waals surface area contributed by atoms with Crippen molar-refractivity contribution < 1.29 is 9.90 Å². The first kappa shape index (κ1) is 9.76. The van der Waals surface area contributed by atoms with Crippen molar-refractivity contribution in [2.45, 2.75) is 18.5 Å². The standard InChI is InChI=1S/C8H13N3O2/c9-5(4-7(12)13)8(10)6-2-1-3-11-6/h1-3,5,8,11H,4,9-10H2,(H,12,13). The number of aliphatic carboxylic acids is 1. The fourth-order valence-electron chi connectivity index (χ4n) is 1.11. The van der Waals surface area contributed by atoms with Crippen molar-refractivity contribution in [3.05, 3.63) is 24.0 Å². The molecule has 0 aliphatic carbocycles. The highest BCUT2D eigenvalue weighted by atomic mass is 16.4. The second-order valence-corrected chi connectivity index (χ2v) is 2.91. The van der Waals surface area contributed by atoms with Crippen LogP contribution in [0.2, 0.25) is 0 Å². The molecule has 1 aromatic rings. The molecule has 1 heterocycles. The Balaban J connectivity index is 2.57. The molecular weight excluding hydrogens is 170 g/mol. The van der Waals surface area contributed by atoms with Gasteiger partial charge in [0, 0.05) is 17.9 Å². The number of nitrogens with one attached hydrogen (secondary N) is 1. The van der Waals surface area contributed by atoms with E-state index in [4.69, 9.17) is 16.6 Å². The Morgan fingerprint density at radius 1 is 1.62 bits per heavy atom. The van der Waals surface area contributed by atoms with Crippen molar-refractivity contribution >= 4 is 5.97 Å². The predicted molar refractivity (Wildman–Crippen MR) is 47.9 cm³/mol. The van der Waals surface area contributed by atoms with Gasteiger partial charge in [-0.1, -0.05) is 0 Å². The van der Waals surface area contributed by atoms with E-state index in [2.05, 4.69) is 4.98 Å². The van der Waals surface area contributed by atoms with Gasteiger partial charge in [-0.25, -0.2) is 0 Å². The summed E-state index contributed by atoms with van der Waals surface area (Å²) in [6.45, 7) is 0. The van der Waals surface area contributed by atoms with Gasteiger partial charge in [0.15, 0.2) is 0 Å². The van der Waals surface area contributed by atoms with E-state index in [1.54, 1.807) is 18.3 Å². The first-order chi connectivity index (χ1) is 6.11. The first-order valence-electron chi connectivity index (χ1n) is 3.97. The summed E-state index contributed by atoms with van der Waals surface area (Å²) in [5.74, 6) is -0.936.